The first-order valence-electron chi connectivity index (χ1n) is 6.07. The van der Waals surface area contributed by atoms with Crippen molar-refractivity contribution < 1.29 is 9.53 Å². The van der Waals surface area contributed by atoms with E-state index in [1.807, 2.05) is 20.2 Å². The van der Waals surface area contributed by atoms with Gasteiger partial charge in [0.25, 0.3) is 0 Å². The maximum atomic E-state index is 11.8. The van der Waals surface area contributed by atoms with Gasteiger partial charge in [-0.15, -0.1) is 0 Å². The Kier molecular flexibility index (Phi) is 3.85. The van der Waals surface area contributed by atoms with E-state index in [0.29, 0.717) is 24.3 Å². The van der Waals surface area contributed by atoms with Crippen LogP contribution in [-0.2, 0) is 18.2 Å². The van der Waals surface area contributed by atoms with Crippen LogP contribution < -0.4 is 5.73 Å². The van der Waals surface area contributed by atoms with Crippen molar-refractivity contribution in [3.63, 3.8) is 0 Å². The molecule has 2 aromatic rings. The van der Waals surface area contributed by atoms with Crippen LogP contribution in [0.2, 0.25) is 0 Å². The molecule has 19 heavy (non-hydrogen) atoms. The number of aryl methyl sites for hydroxylation is 2. The second kappa shape index (κ2) is 5.56. The van der Waals surface area contributed by atoms with Gasteiger partial charge in [0.2, 0.25) is 0 Å². The minimum Gasteiger partial charge on any atom is -0.462 e. The first-order chi connectivity index (χ1) is 9.06. The average molecular weight is 259 g/mol. The molecule has 0 saturated carbocycles. The van der Waals surface area contributed by atoms with Gasteiger partial charge in [-0.05, 0) is 36.2 Å². The standard InChI is InChI=1S/C14H17N3O2/c1-10-7-12(3-4-13(10)15)14(18)19-6-5-11-8-16-17(2)9-11/h3-4,7-9H,5-6,15H2,1-2H3. The maximum absolute atomic E-state index is 11.8. The minimum absolute atomic E-state index is 0.327. The molecule has 0 amide bonds. The Morgan fingerprint density at radius 1 is 1.47 bits per heavy atom. The zero-order chi connectivity index (χ0) is 13.8. The molecule has 0 radical (unpaired) electrons. The number of carbonyl (C=O) groups is 1. The van der Waals surface area contributed by atoms with Crippen LogP contribution in [0.3, 0.4) is 0 Å². The first-order valence-corrected chi connectivity index (χ1v) is 6.07. The number of esters is 1. The van der Waals surface area contributed by atoms with Crippen LogP contribution in [0.5, 0.6) is 0 Å². The fourth-order valence-corrected chi connectivity index (χ4v) is 1.75. The summed E-state index contributed by atoms with van der Waals surface area (Å²) in [5.74, 6) is -0.327. The van der Waals surface area contributed by atoms with Crippen LogP contribution in [-0.4, -0.2) is 22.4 Å². The van der Waals surface area contributed by atoms with Crippen molar-refractivity contribution in [1.82, 2.24) is 9.78 Å². The van der Waals surface area contributed by atoms with Crippen LogP contribution in [0.15, 0.2) is 30.6 Å². The zero-order valence-corrected chi connectivity index (χ0v) is 11.1. The second-order valence-corrected chi connectivity index (χ2v) is 4.48. The number of rotatable bonds is 4. The lowest BCUT2D eigenvalue weighted by molar-refractivity contribution is 0.0509. The Morgan fingerprint density at radius 3 is 2.89 bits per heavy atom. The van der Waals surface area contributed by atoms with Gasteiger partial charge in [-0.25, -0.2) is 4.79 Å². The minimum atomic E-state index is -0.327. The summed E-state index contributed by atoms with van der Waals surface area (Å²) in [6, 6.07) is 5.13. The van der Waals surface area contributed by atoms with Crippen molar-refractivity contribution in [2.24, 2.45) is 7.05 Å². The normalized spacial score (nSPS) is 10.4. The molecule has 0 atom stereocenters. The number of nitrogens with two attached hydrogens (primary N) is 1. The quantitative estimate of drug-likeness (QED) is 0.670. The molecule has 0 spiro atoms. The molecule has 2 rings (SSSR count). The zero-order valence-electron chi connectivity index (χ0n) is 11.1. The molecule has 1 aromatic heterocycles. The topological polar surface area (TPSA) is 70.1 Å². The number of nitrogen functional groups attached to an aromatic ring is 1. The predicted octanol–water partition coefficient (Wildman–Crippen LogP) is 1.71. The van der Waals surface area contributed by atoms with Crippen LogP contribution in [0.4, 0.5) is 5.69 Å². The highest BCUT2D eigenvalue weighted by atomic mass is 16.5. The fraction of sp³-hybridized carbons (Fsp3) is 0.286. The Bertz CT molecular complexity index is 590. The van der Waals surface area contributed by atoms with Gasteiger partial charge in [-0.2, -0.15) is 5.10 Å². The molecule has 0 saturated heterocycles. The summed E-state index contributed by atoms with van der Waals surface area (Å²) < 4.78 is 6.94. The van der Waals surface area contributed by atoms with E-state index in [0.717, 1.165) is 11.1 Å². The second-order valence-electron chi connectivity index (χ2n) is 4.48. The third kappa shape index (κ3) is 3.34. The molecule has 5 nitrogen and oxygen atoms in total. The molecule has 2 N–H and O–H groups in total. The highest BCUT2D eigenvalue weighted by Crippen LogP contribution is 2.13. The monoisotopic (exact) mass is 259 g/mol. The van der Waals surface area contributed by atoms with Gasteiger partial charge >= 0.3 is 5.97 Å². The Hall–Kier alpha value is -2.30. The van der Waals surface area contributed by atoms with Crippen molar-refractivity contribution in [3.8, 4) is 0 Å². The van der Waals surface area contributed by atoms with E-state index in [2.05, 4.69) is 5.10 Å². The molecule has 0 fully saturated rings. The number of nitrogens with zero attached hydrogens (tertiary/aromatic N) is 2. The molecule has 0 aliphatic heterocycles. The van der Waals surface area contributed by atoms with Crippen LogP contribution in [0, 0.1) is 6.92 Å². The maximum Gasteiger partial charge on any atom is 0.338 e. The first kappa shape index (κ1) is 13.1. The highest BCUT2D eigenvalue weighted by molar-refractivity contribution is 5.90. The predicted molar refractivity (Wildman–Crippen MR) is 72.8 cm³/mol. The van der Waals surface area contributed by atoms with Crippen molar-refractivity contribution in [2.75, 3.05) is 12.3 Å². The van der Waals surface area contributed by atoms with E-state index < -0.39 is 0 Å². The van der Waals surface area contributed by atoms with Gasteiger partial charge in [-0.3, -0.25) is 4.68 Å². The molecule has 1 heterocycles. The fourth-order valence-electron chi connectivity index (χ4n) is 1.75. The van der Waals surface area contributed by atoms with Crippen molar-refractivity contribution >= 4 is 11.7 Å². The summed E-state index contributed by atoms with van der Waals surface area (Å²) in [7, 11) is 1.85. The van der Waals surface area contributed by atoms with Crippen molar-refractivity contribution in [1.29, 1.82) is 0 Å². The summed E-state index contributed by atoms with van der Waals surface area (Å²) >= 11 is 0. The highest BCUT2D eigenvalue weighted by Gasteiger charge is 2.08. The SMILES string of the molecule is Cc1cc(C(=O)OCCc2cnn(C)c2)ccc1N. The summed E-state index contributed by atoms with van der Waals surface area (Å²) in [6.45, 7) is 2.20. The molecule has 0 bridgehead atoms. The van der Waals surface area contributed by atoms with Gasteiger partial charge in [0, 0.05) is 25.4 Å². The largest absolute Gasteiger partial charge is 0.462 e. The summed E-state index contributed by atoms with van der Waals surface area (Å²) in [6.07, 6.45) is 4.33. The van der Waals surface area contributed by atoms with Gasteiger partial charge in [0.15, 0.2) is 0 Å². The van der Waals surface area contributed by atoms with Crippen molar-refractivity contribution in [3.05, 3.63) is 47.3 Å². The number of carbonyl (C=O) groups excluding carboxylic acids is 1. The van der Waals surface area contributed by atoms with Gasteiger partial charge in [0.1, 0.15) is 0 Å². The van der Waals surface area contributed by atoms with Crippen molar-refractivity contribution in [2.45, 2.75) is 13.3 Å². The lowest BCUT2D eigenvalue weighted by Crippen LogP contribution is -2.08. The van der Waals surface area contributed by atoms with E-state index in [9.17, 15) is 4.79 Å². The van der Waals surface area contributed by atoms with E-state index in [4.69, 9.17) is 10.5 Å². The molecule has 1 aromatic carbocycles. The Balaban J connectivity index is 1.89. The van der Waals surface area contributed by atoms with Crippen LogP contribution >= 0.6 is 0 Å². The summed E-state index contributed by atoms with van der Waals surface area (Å²) in [5.41, 5.74) is 8.83. The number of anilines is 1. The summed E-state index contributed by atoms with van der Waals surface area (Å²) in [4.78, 5) is 11.8. The Labute approximate surface area is 112 Å². The third-order valence-electron chi connectivity index (χ3n) is 2.89. The molecule has 0 aliphatic rings. The number of aromatic nitrogens is 2. The average Bonchev–Trinajstić information content (AvgIpc) is 2.78. The number of ether oxygens (including phenoxy) is 1. The number of hydrogen-bond acceptors (Lipinski definition) is 4. The smallest absolute Gasteiger partial charge is 0.338 e. The van der Waals surface area contributed by atoms with Crippen LogP contribution in [0.1, 0.15) is 21.5 Å². The Morgan fingerprint density at radius 2 is 2.26 bits per heavy atom. The van der Waals surface area contributed by atoms with Crippen LogP contribution in [0.25, 0.3) is 0 Å². The molecule has 5 heteroatoms. The lowest BCUT2D eigenvalue weighted by Gasteiger charge is -2.06. The molecule has 100 valence electrons. The molecule has 0 aliphatic carbocycles. The molecular formula is C14H17N3O2. The lowest BCUT2D eigenvalue weighted by atomic mass is 10.1. The van der Waals surface area contributed by atoms with E-state index in [1.165, 1.54) is 0 Å². The summed E-state index contributed by atoms with van der Waals surface area (Å²) in [5, 5.41) is 4.06. The van der Waals surface area contributed by atoms with Gasteiger partial charge < -0.3 is 10.5 Å². The number of hydrogen-bond donors (Lipinski definition) is 1. The number of benzene rings is 1. The molecule has 0 unspecified atom stereocenters. The van der Waals surface area contributed by atoms with E-state index in [1.54, 1.807) is 29.1 Å². The van der Waals surface area contributed by atoms with Gasteiger partial charge in [0.05, 0.1) is 18.4 Å². The third-order valence-corrected chi connectivity index (χ3v) is 2.89. The van der Waals surface area contributed by atoms with Gasteiger partial charge in [-0.1, -0.05) is 0 Å². The van der Waals surface area contributed by atoms with E-state index in [-0.39, 0.29) is 5.97 Å². The molecular weight excluding hydrogens is 242 g/mol. The van der Waals surface area contributed by atoms with E-state index >= 15 is 0 Å².